The summed E-state index contributed by atoms with van der Waals surface area (Å²) in [5.41, 5.74) is 8.83. The van der Waals surface area contributed by atoms with E-state index in [1.165, 1.54) is 0 Å². The van der Waals surface area contributed by atoms with Gasteiger partial charge in [-0.25, -0.2) is 0 Å². The molecule has 0 aromatic heterocycles. The molecule has 0 bridgehead atoms. The number of hydrogen-bond donors (Lipinski definition) is 3. The second-order valence-corrected chi connectivity index (χ2v) is 6.78. The highest BCUT2D eigenvalue weighted by molar-refractivity contribution is 7.80. The number of aryl methyl sites for hydroxylation is 1. The number of nitrogens with zero attached hydrogens (tertiary/aromatic N) is 1. The van der Waals surface area contributed by atoms with Crippen molar-refractivity contribution in [2.75, 3.05) is 18.8 Å². The monoisotopic (exact) mass is 321 g/mol. The van der Waals surface area contributed by atoms with Crippen molar-refractivity contribution in [3.05, 3.63) is 34.9 Å². The highest BCUT2D eigenvalue weighted by atomic mass is 32.1. The minimum absolute atomic E-state index is 0.0131. The summed E-state index contributed by atoms with van der Waals surface area (Å²) in [5, 5.41) is 3.34. The van der Waals surface area contributed by atoms with Crippen molar-refractivity contribution in [1.29, 1.82) is 0 Å². The van der Waals surface area contributed by atoms with Crippen molar-refractivity contribution in [3.63, 3.8) is 0 Å². The summed E-state index contributed by atoms with van der Waals surface area (Å²) >= 11 is 4.29. The Morgan fingerprint density at radius 2 is 2.23 bits per heavy atom. The number of nitrogens with two attached hydrogens (primary N) is 1. The molecule has 2 rings (SSSR count). The van der Waals surface area contributed by atoms with Crippen molar-refractivity contribution in [2.45, 2.75) is 45.3 Å². The van der Waals surface area contributed by atoms with Gasteiger partial charge < -0.3 is 10.6 Å². The Labute approximate surface area is 138 Å². The fraction of sp³-hybridized carbons (Fsp3) is 0.588. The van der Waals surface area contributed by atoms with Crippen LogP contribution in [0.1, 0.15) is 41.3 Å². The van der Waals surface area contributed by atoms with Crippen LogP contribution in [0.2, 0.25) is 0 Å². The Morgan fingerprint density at radius 1 is 1.50 bits per heavy atom. The van der Waals surface area contributed by atoms with Crippen LogP contribution < -0.4 is 11.1 Å². The van der Waals surface area contributed by atoms with Gasteiger partial charge in [0, 0.05) is 18.7 Å². The Hall–Kier alpha value is -1.04. The Morgan fingerprint density at radius 3 is 2.91 bits per heavy atom. The van der Waals surface area contributed by atoms with Crippen molar-refractivity contribution in [1.82, 2.24) is 10.2 Å². The van der Waals surface area contributed by atoms with Crippen LogP contribution in [0.5, 0.6) is 0 Å². The van der Waals surface area contributed by atoms with E-state index in [-0.39, 0.29) is 11.9 Å². The van der Waals surface area contributed by atoms with Gasteiger partial charge in [-0.1, -0.05) is 12.1 Å². The van der Waals surface area contributed by atoms with Gasteiger partial charge in [-0.3, -0.25) is 10.1 Å². The molecule has 0 saturated carbocycles. The van der Waals surface area contributed by atoms with Gasteiger partial charge in [-0.05, 0) is 56.6 Å². The van der Waals surface area contributed by atoms with Crippen LogP contribution >= 0.6 is 12.6 Å². The normalized spacial score (nSPS) is 25.3. The van der Waals surface area contributed by atoms with Crippen molar-refractivity contribution >= 4 is 18.5 Å². The molecule has 122 valence electrons. The van der Waals surface area contributed by atoms with Crippen molar-refractivity contribution in [3.8, 4) is 0 Å². The van der Waals surface area contributed by atoms with Crippen LogP contribution in [0.25, 0.3) is 0 Å². The summed E-state index contributed by atoms with van der Waals surface area (Å²) in [6.07, 6.45) is 1.80. The lowest BCUT2D eigenvalue weighted by Crippen LogP contribution is -2.71. The molecular weight excluding hydrogens is 294 g/mol. The summed E-state index contributed by atoms with van der Waals surface area (Å²) in [6.45, 7) is 7.43. The SMILES string of the molecule is Cc1cccc(C(=O)N2CCN[C@](C)(N)C2CCCS)c1C. The maximum atomic E-state index is 13.1. The number of hydrogen-bond acceptors (Lipinski definition) is 4. The van der Waals surface area contributed by atoms with Gasteiger partial charge in [0.05, 0.1) is 11.7 Å². The van der Waals surface area contributed by atoms with E-state index < -0.39 is 5.66 Å². The number of rotatable bonds is 4. The third kappa shape index (κ3) is 3.47. The van der Waals surface area contributed by atoms with Crippen molar-refractivity contribution < 1.29 is 4.79 Å². The van der Waals surface area contributed by atoms with Crippen LogP contribution in [0.3, 0.4) is 0 Å². The average molecular weight is 321 g/mol. The van der Waals surface area contributed by atoms with E-state index in [9.17, 15) is 4.79 Å². The molecule has 1 aliphatic rings. The van der Waals surface area contributed by atoms with Gasteiger partial charge in [-0.15, -0.1) is 0 Å². The number of piperazine rings is 1. The highest BCUT2D eigenvalue weighted by Gasteiger charge is 2.40. The summed E-state index contributed by atoms with van der Waals surface area (Å²) in [5.74, 6) is 0.890. The maximum Gasteiger partial charge on any atom is 0.254 e. The van der Waals surface area contributed by atoms with E-state index in [0.29, 0.717) is 6.54 Å². The number of carbonyl (C=O) groups excluding carboxylic acids is 1. The van der Waals surface area contributed by atoms with Gasteiger partial charge in [0.1, 0.15) is 0 Å². The minimum atomic E-state index is -0.561. The third-order valence-electron chi connectivity index (χ3n) is 4.66. The van der Waals surface area contributed by atoms with Gasteiger partial charge in [0.15, 0.2) is 0 Å². The first kappa shape index (κ1) is 17.3. The van der Waals surface area contributed by atoms with E-state index in [4.69, 9.17) is 5.73 Å². The van der Waals surface area contributed by atoms with E-state index >= 15 is 0 Å². The van der Waals surface area contributed by atoms with Crippen LogP contribution in [0.4, 0.5) is 0 Å². The van der Waals surface area contributed by atoms with Crippen LogP contribution in [0.15, 0.2) is 18.2 Å². The lowest BCUT2D eigenvalue weighted by molar-refractivity contribution is 0.0390. The fourth-order valence-electron chi connectivity index (χ4n) is 3.16. The standard InChI is InChI=1S/C17H27N3OS/c1-12-6-4-7-14(13(12)2)16(21)20-10-9-19-17(3,18)15(20)8-5-11-22/h4,6-7,15,19,22H,5,8-11,18H2,1-3H3/t15?,17-/m0/s1. The van der Waals surface area contributed by atoms with Crippen LogP contribution in [-0.4, -0.2) is 41.4 Å². The molecule has 1 unspecified atom stereocenters. The molecule has 1 saturated heterocycles. The smallest absolute Gasteiger partial charge is 0.254 e. The van der Waals surface area contributed by atoms with E-state index in [1.807, 2.05) is 43.9 Å². The molecule has 1 aromatic carbocycles. The lowest BCUT2D eigenvalue weighted by Gasteiger charge is -2.47. The van der Waals surface area contributed by atoms with E-state index in [2.05, 4.69) is 17.9 Å². The predicted molar refractivity (Wildman–Crippen MR) is 94.4 cm³/mol. The van der Waals surface area contributed by atoms with Gasteiger partial charge >= 0.3 is 0 Å². The van der Waals surface area contributed by atoms with Gasteiger partial charge in [-0.2, -0.15) is 12.6 Å². The summed E-state index contributed by atoms with van der Waals surface area (Å²) in [4.78, 5) is 15.0. The van der Waals surface area contributed by atoms with Crippen LogP contribution in [0, 0.1) is 13.8 Å². The third-order valence-corrected chi connectivity index (χ3v) is 4.97. The first-order valence-electron chi connectivity index (χ1n) is 7.90. The molecule has 22 heavy (non-hydrogen) atoms. The van der Waals surface area contributed by atoms with Gasteiger partial charge in [0.2, 0.25) is 0 Å². The van der Waals surface area contributed by atoms with Gasteiger partial charge in [0.25, 0.3) is 5.91 Å². The molecule has 1 aromatic rings. The molecular formula is C17H27N3OS. The molecule has 1 heterocycles. The largest absolute Gasteiger partial charge is 0.331 e. The zero-order valence-electron chi connectivity index (χ0n) is 13.7. The Bertz CT molecular complexity index is 545. The zero-order valence-corrected chi connectivity index (χ0v) is 14.6. The highest BCUT2D eigenvalue weighted by Crippen LogP contribution is 2.24. The number of benzene rings is 1. The molecule has 1 amide bonds. The Balaban J connectivity index is 2.30. The lowest BCUT2D eigenvalue weighted by atomic mass is 9.92. The topological polar surface area (TPSA) is 58.4 Å². The minimum Gasteiger partial charge on any atom is -0.331 e. The Kier molecular flexibility index (Phi) is 5.53. The van der Waals surface area contributed by atoms with E-state index in [0.717, 1.165) is 41.8 Å². The molecule has 0 aliphatic carbocycles. The second-order valence-electron chi connectivity index (χ2n) is 6.34. The molecule has 0 spiro atoms. The molecule has 1 fully saturated rings. The first-order chi connectivity index (χ1) is 10.4. The number of nitrogens with one attached hydrogen (secondary N) is 1. The summed E-state index contributed by atoms with van der Waals surface area (Å²) < 4.78 is 0. The number of amides is 1. The summed E-state index contributed by atoms with van der Waals surface area (Å²) in [6, 6.07) is 5.88. The quantitative estimate of drug-likeness (QED) is 0.745. The molecule has 0 radical (unpaired) electrons. The van der Waals surface area contributed by atoms with Crippen molar-refractivity contribution in [2.24, 2.45) is 5.73 Å². The molecule has 5 heteroatoms. The second kappa shape index (κ2) is 7.02. The zero-order chi connectivity index (χ0) is 16.3. The summed E-state index contributed by atoms with van der Waals surface area (Å²) in [7, 11) is 0. The maximum absolute atomic E-state index is 13.1. The fourth-order valence-corrected chi connectivity index (χ4v) is 3.35. The number of carbonyl (C=O) groups is 1. The first-order valence-corrected chi connectivity index (χ1v) is 8.53. The molecule has 3 N–H and O–H groups in total. The average Bonchev–Trinajstić information content (AvgIpc) is 2.47. The molecule has 2 atom stereocenters. The van der Waals surface area contributed by atoms with Crippen LogP contribution in [-0.2, 0) is 0 Å². The van der Waals surface area contributed by atoms with E-state index in [1.54, 1.807) is 0 Å². The molecule has 1 aliphatic heterocycles. The predicted octanol–water partition coefficient (Wildman–Crippen LogP) is 2.10. The number of thiol groups is 1. The molecule has 4 nitrogen and oxygen atoms in total.